The molecule has 2 atom stereocenters. The van der Waals surface area contributed by atoms with Gasteiger partial charge in [-0.2, -0.15) is 0 Å². The van der Waals surface area contributed by atoms with Crippen LogP contribution in [0.5, 0.6) is 0 Å². The first kappa shape index (κ1) is 22.8. The number of benzene rings is 3. The summed E-state index contributed by atoms with van der Waals surface area (Å²) in [5, 5.41) is 3.86. The fraction of sp³-hybridized carbons (Fsp3) is 0.280. The van der Waals surface area contributed by atoms with E-state index in [1.807, 2.05) is 42.5 Å². The standard InChI is InChI=1S/C25H23ClF3NO2/c26-19-8-6-18(7-9-19)25(32-15-17-4-2-1-3-5-17)10-11-30-14-24(25)31-16-21-22(28)12-20(27)13-23(21)29/h1-9,12-13,24,30H,10-11,14-16H2/t24?,25-/m0/s1. The molecule has 0 radical (unpaired) electrons. The van der Waals surface area contributed by atoms with Gasteiger partial charge in [0.05, 0.1) is 13.2 Å². The van der Waals surface area contributed by atoms with E-state index in [1.54, 1.807) is 12.1 Å². The lowest BCUT2D eigenvalue weighted by Gasteiger charge is -2.44. The second kappa shape index (κ2) is 10.0. The van der Waals surface area contributed by atoms with Gasteiger partial charge in [0.25, 0.3) is 0 Å². The van der Waals surface area contributed by atoms with Crippen molar-refractivity contribution in [3.05, 3.63) is 106 Å². The maximum absolute atomic E-state index is 14.2. The Morgan fingerprint density at radius 2 is 1.62 bits per heavy atom. The summed E-state index contributed by atoms with van der Waals surface area (Å²) in [6.07, 6.45) is 0.0329. The molecule has 0 spiro atoms. The molecule has 1 saturated heterocycles. The van der Waals surface area contributed by atoms with Crippen LogP contribution in [-0.4, -0.2) is 19.2 Å². The van der Waals surface area contributed by atoms with Gasteiger partial charge in [-0.3, -0.25) is 0 Å². The molecule has 7 heteroatoms. The SMILES string of the molecule is Fc1cc(F)c(COC2CNCC[C@]2(OCc2ccccc2)c2ccc(Cl)cc2)c(F)c1. The van der Waals surface area contributed by atoms with E-state index in [9.17, 15) is 13.2 Å². The molecule has 168 valence electrons. The highest BCUT2D eigenvalue weighted by Gasteiger charge is 2.44. The van der Waals surface area contributed by atoms with Crippen LogP contribution in [0.15, 0.2) is 66.7 Å². The van der Waals surface area contributed by atoms with Gasteiger partial charge < -0.3 is 14.8 Å². The Labute approximate surface area is 190 Å². The first-order valence-electron chi connectivity index (χ1n) is 10.4. The summed E-state index contributed by atoms with van der Waals surface area (Å²) in [4.78, 5) is 0. The van der Waals surface area contributed by atoms with Crippen LogP contribution in [0.2, 0.25) is 5.02 Å². The molecule has 32 heavy (non-hydrogen) atoms. The zero-order valence-electron chi connectivity index (χ0n) is 17.3. The number of hydrogen-bond donors (Lipinski definition) is 1. The number of rotatable bonds is 7. The van der Waals surface area contributed by atoms with Crippen LogP contribution in [0, 0.1) is 17.5 Å². The van der Waals surface area contributed by atoms with E-state index in [0.717, 1.165) is 11.1 Å². The summed E-state index contributed by atoms with van der Waals surface area (Å²) in [7, 11) is 0. The van der Waals surface area contributed by atoms with Crippen molar-refractivity contribution in [2.24, 2.45) is 0 Å². The fourth-order valence-electron chi connectivity index (χ4n) is 4.02. The molecule has 1 aliphatic rings. The average Bonchev–Trinajstić information content (AvgIpc) is 2.79. The van der Waals surface area contributed by atoms with Gasteiger partial charge in [0.1, 0.15) is 29.2 Å². The molecule has 3 nitrogen and oxygen atoms in total. The molecule has 1 unspecified atom stereocenters. The Morgan fingerprint density at radius 1 is 0.938 bits per heavy atom. The summed E-state index contributed by atoms with van der Waals surface area (Å²) < 4.78 is 54.2. The molecule has 0 bridgehead atoms. The van der Waals surface area contributed by atoms with Crippen molar-refractivity contribution in [3.8, 4) is 0 Å². The second-order valence-electron chi connectivity index (χ2n) is 7.77. The minimum atomic E-state index is -0.978. The zero-order chi connectivity index (χ0) is 22.6. The van der Waals surface area contributed by atoms with Crippen molar-refractivity contribution in [1.82, 2.24) is 5.32 Å². The van der Waals surface area contributed by atoms with Gasteiger partial charge in [-0.15, -0.1) is 0 Å². The molecule has 4 rings (SSSR count). The van der Waals surface area contributed by atoms with Crippen molar-refractivity contribution < 1.29 is 22.6 Å². The lowest BCUT2D eigenvalue weighted by Crippen LogP contribution is -2.54. The van der Waals surface area contributed by atoms with Crippen LogP contribution < -0.4 is 5.32 Å². The van der Waals surface area contributed by atoms with Crippen LogP contribution in [0.4, 0.5) is 13.2 Å². The lowest BCUT2D eigenvalue weighted by atomic mass is 9.82. The van der Waals surface area contributed by atoms with Crippen molar-refractivity contribution in [2.75, 3.05) is 13.1 Å². The fourth-order valence-corrected chi connectivity index (χ4v) is 4.14. The zero-order valence-corrected chi connectivity index (χ0v) is 18.0. The van der Waals surface area contributed by atoms with E-state index in [4.69, 9.17) is 21.1 Å². The summed E-state index contributed by atoms with van der Waals surface area (Å²) >= 11 is 6.10. The highest BCUT2D eigenvalue weighted by atomic mass is 35.5. The van der Waals surface area contributed by atoms with Gasteiger partial charge >= 0.3 is 0 Å². The largest absolute Gasteiger partial charge is 0.369 e. The molecular formula is C25H23ClF3NO2. The highest BCUT2D eigenvalue weighted by Crippen LogP contribution is 2.39. The van der Waals surface area contributed by atoms with Gasteiger partial charge in [-0.1, -0.05) is 54.1 Å². The molecule has 3 aromatic carbocycles. The van der Waals surface area contributed by atoms with Gasteiger partial charge in [0, 0.05) is 29.3 Å². The average molecular weight is 462 g/mol. The van der Waals surface area contributed by atoms with Crippen LogP contribution in [0.1, 0.15) is 23.1 Å². The summed E-state index contributed by atoms with van der Waals surface area (Å²) in [5.74, 6) is -2.92. The smallest absolute Gasteiger partial charge is 0.134 e. The third kappa shape index (κ3) is 4.99. The van der Waals surface area contributed by atoms with E-state index in [1.165, 1.54) is 0 Å². The van der Waals surface area contributed by atoms with Crippen molar-refractivity contribution in [3.63, 3.8) is 0 Å². The Hall–Kier alpha value is -2.38. The quantitative estimate of drug-likeness (QED) is 0.486. The highest BCUT2D eigenvalue weighted by molar-refractivity contribution is 6.30. The Kier molecular flexibility index (Phi) is 7.16. The Bertz CT molecular complexity index is 1030. The first-order valence-corrected chi connectivity index (χ1v) is 10.8. The molecule has 1 N–H and O–H groups in total. The van der Waals surface area contributed by atoms with E-state index in [-0.39, 0.29) is 12.2 Å². The van der Waals surface area contributed by atoms with Crippen molar-refractivity contribution >= 4 is 11.6 Å². The predicted molar refractivity (Wildman–Crippen MR) is 117 cm³/mol. The van der Waals surface area contributed by atoms with E-state index >= 15 is 0 Å². The Balaban J connectivity index is 1.63. The molecule has 0 aromatic heterocycles. The van der Waals surface area contributed by atoms with Crippen molar-refractivity contribution in [1.29, 1.82) is 0 Å². The minimum absolute atomic E-state index is 0.315. The van der Waals surface area contributed by atoms with E-state index in [0.29, 0.717) is 43.3 Å². The second-order valence-corrected chi connectivity index (χ2v) is 8.21. The monoisotopic (exact) mass is 461 g/mol. The van der Waals surface area contributed by atoms with Crippen LogP contribution >= 0.6 is 11.6 Å². The topological polar surface area (TPSA) is 30.5 Å². The predicted octanol–water partition coefficient (Wildman–Crippen LogP) is 5.75. The summed E-state index contributed by atoms with van der Waals surface area (Å²) in [6, 6.07) is 18.4. The minimum Gasteiger partial charge on any atom is -0.369 e. The molecule has 3 aromatic rings. The van der Waals surface area contributed by atoms with E-state index < -0.39 is 29.2 Å². The molecule has 1 heterocycles. The summed E-state index contributed by atoms with van der Waals surface area (Å²) in [5.41, 5.74) is 0.682. The normalized spacial score (nSPS) is 20.9. The number of hydrogen-bond acceptors (Lipinski definition) is 3. The molecule has 0 saturated carbocycles. The molecule has 1 fully saturated rings. The maximum Gasteiger partial charge on any atom is 0.134 e. The van der Waals surface area contributed by atoms with Crippen LogP contribution in [0.25, 0.3) is 0 Å². The first-order chi connectivity index (χ1) is 15.5. The number of halogens is 4. The van der Waals surface area contributed by atoms with Gasteiger partial charge in [0.2, 0.25) is 0 Å². The maximum atomic E-state index is 14.2. The lowest BCUT2D eigenvalue weighted by molar-refractivity contribution is -0.177. The Morgan fingerprint density at radius 3 is 2.31 bits per heavy atom. The van der Waals surface area contributed by atoms with Gasteiger partial charge in [-0.25, -0.2) is 13.2 Å². The third-order valence-corrected chi connectivity index (χ3v) is 5.98. The van der Waals surface area contributed by atoms with Crippen LogP contribution in [0.3, 0.4) is 0 Å². The van der Waals surface area contributed by atoms with Crippen molar-refractivity contribution in [2.45, 2.75) is 31.3 Å². The number of nitrogens with one attached hydrogen (secondary N) is 1. The van der Waals surface area contributed by atoms with Crippen LogP contribution in [-0.2, 0) is 28.3 Å². The molecule has 0 aliphatic carbocycles. The van der Waals surface area contributed by atoms with E-state index in [2.05, 4.69) is 5.32 Å². The number of piperidine rings is 1. The van der Waals surface area contributed by atoms with Gasteiger partial charge in [0.15, 0.2) is 0 Å². The molecular weight excluding hydrogens is 439 g/mol. The third-order valence-electron chi connectivity index (χ3n) is 5.73. The summed E-state index contributed by atoms with van der Waals surface area (Å²) in [6.45, 7) is 1.08. The molecule has 1 aliphatic heterocycles. The molecule has 0 amide bonds. The number of ether oxygens (including phenoxy) is 2. The van der Waals surface area contributed by atoms with Gasteiger partial charge in [-0.05, 0) is 36.2 Å².